The number of rotatable bonds is 13. The van der Waals surface area contributed by atoms with Crippen molar-refractivity contribution in [3.63, 3.8) is 0 Å². The van der Waals surface area contributed by atoms with Gasteiger partial charge in [0.05, 0.1) is 11.7 Å². The number of aliphatic hydroxyl groups is 1. The lowest BCUT2D eigenvalue weighted by Gasteiger charge is -2.28. The summed E-state index contributed by atoms with van der Waals surface area (Å²) in [5, 5.41) is 17.4. The zero-order chi connectivity index (χ0) is 23.7. The van der Waals surface area contributed by atoms with E-state index in [2.05, 4.69) is 36.4 Å². The van der Waals surface area contributed by atoms with Crippen LogP contribution in [0.1, 0.15) is 63.7 Å². The molecule has 6 N–H and O–H groups in total. The third kappa shape index (κ3) is 7.35. The number of fused-ring (bicyclic) bond motifs is 1. The maximum Gasteiger partial charge on any atom is 0.253 e. The molecule has 0 saturated heterocycles. The minimum Gasteiger partial charge on any atom is -0.391 e. The Morgan fingerprint density at radius 1 is 1.12 bits per heavy atom. The van der Waals surface area contributed by atoms with Crippen LogP contribution in [0.25, 0.3) is 10.9 Å². The third-order valence-corrected chi connectivity index (χ3v) is 6.24. The molecule has 0 bridgehead atoms. The lowest BCUT2D eigenvalue weighted by Crippen LogP contribution is -2.42. The van der Waals surface area contributed by atoms with Crippen molar-refractivity contribution < 1.29 is 14.7 Å². The van der Waals surface area contributed by atoms with Gasteiger partial charge in [0, 0.05) is 42.1 Å². The van der Waals surface area contributed by atoms with Crippen LogP contribution in [0.4, 0.5) is 0 Å². The molecule has 0 aliphatic rings. The average molecular weight is 445 g/mol. The van der Waals surface area contributed by atoms with Crippen molar-refractivity contribution in [2.45, 2.75) is 65.5 Å². The molecule has 1 heterocycles. The number of aliphatic hydroxyl groups excluding tert-OH is 1. The van der Waals surface area contributed by atoms with Gasteiger partial charge in [-0.05, 0) is 37.2 Å². The maximum atomic E-state index is 12.7. The number of aromatic amines is 1. The molecule has 2 aromatic rings. The number of aromatic nitrogens is 1. The Hall–Kier alpha value is -2.38. The number of nitrogens with one attached hydrogen (secondary N) is 3. The predicted molar refractivity (Wildman–Crippen MR) is 129 cm³/mol. The van der Waals surface area contributed by atoms with Gasteiger partial charge in [-0.3, -0.25) is 9.59 Å². The number of unbranched alkanes of at least 4 members (excludes halogenated alkanes) is 1. The number of H-pyrrole nitrogens is 1. The summed E-state index contributed by atoms with van der Waals surface area (Å²) in [7, 11) is 0. The Morgan fingerprint density at radius 3 is 2.53 bits per heavy atom. The normalized spacial score (nSPS) is 15.3. The van der Waals surface area contributed by atoms with E-state index in [1.807, 2.05) is 31.2 Å². The molecule has 4 atom stereocenters. The second-order valence-electron chi connectivity index (χ2n) is 9.21. The molecule has 32 heavy (non-hydrogen) atoms. The molecule has 0 fully saturated rings. The number of benzene rings is 1. The highest BCUT2D eigenvalue weighted by Crippen LogP contribution is 2.21. The second-order valence-corrected chi connectivity index (χ2v) is 9.21. The van der Waals surface area contributed by atoms with Crippen LogP contribution >= 0.6 is 0 Å². The Bertz CT molecular complexity index is 864. The van der Waals surface area contributed by atoms with E-state index < -0.39 is 12.1 Å². The van der Waals surface area contributed by atoms with Crippen molar-refractivity contribution in [3.8, 4) is 0 Å². The molecule has 0 aliphatic carbocycles. The SMILES string of the molecule is CCCCNC(=O)[C@H](C)C[C@H](O)[C@@H](N)C[C@@H](CNC(=O)c1c[nH]c2ccccc12)C(C)C. The molecular weight excluding hydrogens is 404 g/mol. The number of carbonyl (C=O) groups is 2. The number of hydrogen-bond donors (Lipinski definition) is 5. The fourth-order valence-electron chi connectivity index (χ4n) is 3.88. The Morgan fingerprint density at radius 2 is 1.84 bits per heavy atom. The Balaban J connectivity index is 1.87. The fraction of sp³-hybridized carbons (Fsp3) is 0.600. The van der Waals surface area contributed by atoms with E-state index in [0.717, 1.165) is 23.7 Å². The lowest BCUT2D eigenvalue weighted by atomic mass is 9.86. The van der Waals surface area contributed by atoms with Crippen LogP contribution < -0.4 is 16.4 Å². The molecule has 7 heteroatoms. The van der Waals surface area contributed by atoms with Gasteiger partial charge in [0.15, 0.2) is 0 Å². The van der Waals surface area contributed by atoms with Crippen LogP contribution in [0.2, 0.25) is 0 Å². The number of hydrogen-bond acceptors (Lipinski definition) is 4. The predicted octanol–water partition coefficient (Wildman–Crippen LogP) is 3.19. The quantitative estimate of drug-likeness (QED) is 0.305. The maximum absolute atomic E-state index is 12.7. The van der Waals surface area contributed by atoms with Gasteiger partial charge < -0.3 is 26.5 Å². The summed E-state index contributed by atoms with van der Waals surface area (Å²) in [6.07, 6.45) is 3.82. The standard InChI is InChI=1S/C25H40N4O3/c1-5-6-11-27-24(31)17(4)12-23(30)21(26)13-18(16(2)3)14-29-25(32)20-15-28-22-10-8-7-9-19(20)22/h7-10,15-18,21,23,28,30H,5-6,11-14,26H2,1-4H3,(H,27,31)(H,29,32)/t17-,18+,21+,23+/m1/s1. The van der Waals surface area contributed by atoms with Crippen molar-refractivity contribution in [2.24, 2.45) is 23.5 Å². The molecular formula is C25H40N4O3. The van der Waals surface area contributed by atoms with Crippen LogP contribution in [0.3, 0.4) is 0 Å². The van der Waals surface area contributed by atoms with Crippen LogP contribution in [0, 0.1) is 17.8 Å². The minimum absolute atomic E-state index is 0.0453. The number of para-hydroxylation sites is 1. The van der Waals surface area contributed by atoms with Crippen LogP contribution in [-0.2, 0) is 4.79 Å². The molecule has 0 spiro atoms. The largest absolute Gasteiger partial charge is 0.391 e. The first kappa shape index (κ1) is 25.9. The summed E-state index contributed by atoms with van der Waals surface area (Å²) in [5.41, 5.74) is 7.85. The van der Waals surface area contributed by atoms with Gasteiger partial charge in [-0.25, -0.2) is 0 Å². The Kier molecular flexibility index (Phi) is 10.2. The van der Waals surface area contributed by atoms with Gasteiger partial charge in [-0.15, -0.1) is 0 Å². The van der Waals surface area contributed by atoms with Crippen molar-refractivity contribution in [1.29, 1.82) is 0 Å². The summed E-state index contributed by atoms with van der Waals surface area (Å²) < 4.78 is 0. The van der Waals surface area contributed by atoms with Crippen molar-refractivity contribution in [1.82, 2.24) is 15.6 Å². The molecule has 0 unspecified atom stereocenters. The highest BCUT2D eigenvalue weighted by molar-refractivity contribution is 6.06. The zero-order valence-corrected chi connectivity index (χ0v) is 19.9. The smallest absolute Gasteiger partial charge is 0.253 e. The Labute approximate surface area is 191 Å². The van der Waals surface area contributed by atoms with Crippen LogP contribution in [-0.4, -0.2) is 47.1 Å². The summed E-state index contributed by atoms with van der Waals surface area (Å²) >= 11 is 0. The molecule has 0 saturated carbocycles. The van der Waals surface area contributed by atoms with Gasteiger partial charge in [0.1, 0.15) is 0 Å². The molecule has 7 nitrogen and oxygen atoms in total. The van der Waals surface area contributed by atoms with Crippen molar-refractivity contribution in [3.05, 3.63) is 36.0 Å². The topological polar surface area (TPSA) is 120 Å². The van der Waals surface area contributed by atoms with E-state index in [1.54, 1.807) is 6.20 Å². The summed E-state index contributed by atoms with van der Waals surface area (Å²) in [5.74, 6) is -0.0727. The first-order chi connectivity index (χ1) is 15.2. The molecule has 0 radical (unpaired) electrons. The van der Waals surface area contributed by atoms with Crippen molar-refractivity contribution >= 4 is 22.7 Å². The summed E-state index contributed by atoms with van der Waals surface area (Å²) in [6, 6.07) is 7.24. The molecule has 1 aromatic heterocycles. The second kappa shape index (κ2) is 12.6. The lowest BCUT2D eigenvalue weighted by molar-refractivity contribution is -0.125. The summed E-state index contributed by atoms with van der Waals surface area (Å²) in [4.78, 5) is 28.0. The first-order valence-electron chi connectivity index (χ1n) is 11.8. The highest BCUT2D eigenvalue weighted by Gasteiger charge is 2.26. The van der Waals surface area contributed by atoms with Crippen LogP contribution in [0.15, 0.2) is 30.5 Å². The van der Waals surface area contributed by atoms with Gasteiger partial charge >= 0.3 is 0 Å². The fourth-order valence-corrected chi connectivity index (χ4v) is 3.88. The van der Waals surface area contributed by atoms with Gasteiger partial charge in [0.25, 0.3) is 5.91 Å². The first-order valence-corrected chi connectivity index (χ1v) is 11.8. The number of amides is 2. The molecule has 1 aromatic carbocycles. The molecule has 178 valence electrons. The average Bonchev–Trinajstić information content (AvgIpc) is 3.20. The zero-order valence-electron chi connectivity index (χ0n) is 19.9. The highest BCUT2D eigenvalue weighted by atomic mass is 16.3. The van der Waals surface area contributed by atoms with E-state index in [9.17, 15) is 14.7 Å². The monoisotopic (exact) mass is 444 g/mol. The van der Waals surface area contributed by atoms with E-state index in [1.165, 1.54) is 0 Å². The van der Waals surface area contributed by atoms with Gasteiger partial charge in [0.2, 0.25) is 5.91 Å². The van der Waals surface area contributed by atoms with Gasteiger partial charge in [-0.1, -0.05) is 52.3 Å². The number of carbonyl (C=O) groups excluding carboxylic acids is 2. The van der Waals surface area contributed by atoms with E-state index in [4.69, 9.17) is 5.73 Å². The van der Waals surface area contributed by atoms with E-state index in [-0.39, 0.29) is 29.6 Å². The van der Waals surface area contributed by atoms with Gasteiger partial charge in [-0.2, -0.15) is 0 Å². The minimum atomic E-state index is -0.771. The number of nitrogens with two attached hydrogens (primary N) is 1. The third-order valence-electron chi connectivity index (χ3n) is 6.24. The molecule has 0 aliphatic heterocycles. The van der Waals surface area contributed by atoms with E-state index in [0.29, 0.717) is 31.5 Å². The summed E-state index contributed by atoms with van der Waals surface area (Å²) in [6.45, 7) is 9.21. The molecule has 2 amide bonds. The van der Waals surface area contributed by atoms with Crippen LogP contribution in [0.5, 0.6) is 0 Å². The van der Waals surface area contributed by atoms with E-state index >= 15 is 0 Å². The van der Waals surface area contributed by atoms with Crippen molar-refractivity contribution in [2.75, 3.05) is 13.1 Å². The molecule has 2 rings (SSSR count).